The third-order valence-corrected chi connectivity index (χ3v) is 9.47. The van der Waals surface area contributed by atoms with Gasteiger partial charge in [-0.15, -0.1) is 0 Å². The van der Waals surface area contributed by atoms with E-state index in [1.54, 1.807) is 0 Å². The molecule has 0 aromatic rings. The lowest BCUT2D eigenvalue weighted by molar-refractivity contribution is -0.136. The highest BCUT2D eigenvalue weighted by atomic mass is 127. The van der Waals surface area contributed by atoms with Gasteiger partial charge in [0.1, 0.15) is 6.29 Å². The van der Waals surface area contributed by atoms with Crippen molar-refractivity contribution in [1.82, 2.24) is 0 Å². The summed E-state index contributed by atoms with van der Waals surface area (Å²) < 4.78 is 6.06. The maximum atomic E-state index is 11.4. The summed E-state index contributed by atoms with van der Waals surface area (Å²) in [5.74, 6) is 2.53. The number of hydrogen-bond acceptors (Lipinski definition) is 3. The molecule has 0 aromatic heterocycles. The van der Waals surface area contributed by atoms with Crippen LogP contribution in [0.25, 0.3) is 0 Å². The van der Waals surface area contributed by atoms with Crippen molar-refractivity contribution >= 4 is 34.8 Å². The highest BCUT2D eigenvalue weighted by Crippen LogP contribution is 2.65. The summed E-state index contributed by atoms with van der Waals surface area (Å²) in [4.78, 5) is 11.4. The quantitative estimate of drug-likeness (QED) is 0.296. The molecule has 1 N–H and O–H groups in total. The molecule has 144 valence electrons. The van der Waals surface area contributed by atoms with Crippen LogP contribution in [0.5, 0.6) is 0 Å². The predicted molar refractivity (Wildman–Crippen MR) is 112 cm³/mol. The molecule has 3 nitrogen and oxygen atoms in total. The lowest BCUT2D eigenvalue weighted by atomic mass is 9.46. The number of carbonyl (C=O) groups excluding carboxylic acids is 1. The zero-order chi connectivity index (χ0) is 18.1. The average molecular weight is 480 g/mol. The van der Waals surface area contributed by atoms with Gasteiger partial charge in [0.05, 0.1) is 19.2 Å². The molecule has 0 amide bonds. The number of aldehydes is 1. The van der Waals surface area contributed by atoms with E-state index < -0.39 is 0 Å². The predicted octanol–water partition coefficient (Wildman–Crippen LogP) is 5.54. The Hall–Kier alpha value is 0.750. The first kappa shape index (κ1) is 20.5. The lowest BCUT2D eigenvalue weighted by Crippen LogP contribution is -2.55. The molecule has 8 unspecified atom stereocenters. The highest BCUT2D eigenvalue weighted by molar-refractivity contribution is 14.2. The molecule has 0 heterocycles. The Balaban J connectivity index is 1.93. The maximum absolute atomic E-state index is 11.4. The normalized spacial score (nSPS) is 47.0. The van der Waals surface area contributed by atoms with Crippen LogP contribution in [0, 0.1) is 34.5 Å². The fraction of sp³-hybridized carbons (Fsp3) is 0.950. The van der Waals surface area contributed by atoms with E-state index in [0.717, 1.165) is 38.6 Å². The van der Waals surface area contributed by atoms with E-state index in [2.05, 4.69) is 35.9 Å². The molecule has 0 saturated heterocycles. The number of fused-ring (bicyclic) bond motifs is 3. The third kappa shape index (κ3) is 3.47. The Labute approximate surface area is 167 Å². The molecular weight excluding hydrogens is 446 g/mol. The summed E-state index contributed by atoms with van der Waals surface area (Å²) in [5, 5.41) is 10.6. The zero-order valence-corrected chi connectivity index (χ0v) is 18.8. The summed E-state index contributed by atoms with van der Waals surface area (Å²) in [7, 11) is 0. The summed E-state index contributed by atoms with van der Waals surface area (Å²) in [5.41, 5.74) is 0.300. The van der Waals surface area contributed by atoms with Gasteiger partial charge in [0.15, 0.2) is 0 Å². The van der Waals surface area contributed by atoms with Crippen molar-refractivity contribution in [3.05, 3.63) is 0 Å². The van der Waals surface area contributed by atoms with Gasteiger partial charge in [-0.25, -0.2) is 0 Å². The van der Waals surface area contributed by atoms with Gasteiger partial charge < -0.3 is 14.4 Å². The molecule has 3 rings (SSSR count). The molecule has 25 heavy (non-hydrogen) atoms. The second-order valence-electron chi connectivity index (χ2n) is 9.04. The van der Waals surface area contributed by atoms with Crippen LogP contribution in [-0.4, -0.2) is 24.1 Å². The van der Waals surface area contributed by atoms with E-state index >= 15 is 0 Å². The number of halogens is 1. The molecule has 3 aliphatic carbocycles. The standard InChI is InChI=1S/C20H34IO3P/c1-3-10-20(13-24-25-21)14(9-12-22)4-5-15-16-6-7-18(23)19(16,2)11-8-17(15)20/h12,14-18,23,25H,3-11,13H2,1-2H3. The number of aliphatic hydroxyl groups excluding tert-OH is 1. The first-order valence-electron chi connectivity index (χ1n) is 10.1. The Morgan fingerprint density at radius 2 is 2.04 bits per heavy atom. The van der Waals surface area contributed by atoms with Crippen molar-refractivity contribution in [3.8, 4) is 0 Å². The fourth-order valence-corrected chi connectivity index (χ4v) is 7.93. The average Bonchev–Trinajstić information content (AvgIpc) is 2.91. The largest absolute Gasteiger partial charge is 0.393 e. The van der Waals surface area contributed by atoms with Crippen molar-refractivity contribution in [2.24, 2.45) is 34.5 Å². The van der Waals surface area contributed by atoms with Crippen molar-refractivity contribution in [2.75, 3.05) is 6.61 Å². The third-order valence-electron chi connectivity index (χ3n) is 8.28. The molecule has 0 spiro atoms. The van der Waals surface area contributed by atoms with E-state index in [0.29, 0.717) is 36.5 Å². The molecule has 0 aromatic carbocycles. The Bertz CT molecular complexity index is 476. The monoisotopic (exact) mass is 480 g/mol. The Morgan fingerprint density at radius 1 is 1.24 bits per heavy atom. The van der Waals surface area contributed by atoms with Gasteiger partial charge in [0.2, 0.25) is 0 Å². The molecule has 0 bridgehead atoms. The van der Waals surface area contributed by atoms with Crippen molar-refractivity contribution in [2.45, 2.75) is 77.7 Å². The topological polar surface area (TPSA) is 46.5 Å². The molecule has 0 radical (unpaired) electrons. The van der Waals surface area contributed by atoms with E-state index in [1.165, 1.54) is 25.7 Å². The Kier molecular flexibility index (Phi) is 6.89. The van der Waals surface area contributed by atoms with Gasteiger partial charge in [0.25, 0.3) is 0 Å². The Morgan fingerprint density at radius 3 is 2.72 bits per heavy atom. The van der Waals surface area contributed by atoms with Gasteiger partial charge in [-0.1, -0.05) is 20.3 Å². The molecule has 3 fully saturated rings. The maximum Gasteiger partial charge on any atom is 0.120 e. The van der Waals surface area contributed by atoms with E-state index in [4.69, 9.17) is 4.52 Å². The second kappa shape index (κ2) is 8.41. The number of hydrogen-bond donors (Lipinski definition) is 1. The van der Waals surface area contributed by atoms with Crippen LogP contribution in [0.4, 0.5) is 0 Å². The SMILES string of the molecule is CCCC1(COPI)C(CC=O)CCC2C3CCC(O)C3(C)CCC21. The van der Waals surface area contributed by atoms with Crippen molar-refractivity contribution in [1.29, 1.82) is 0 Å². The second-order valence-corrected chi connectivity index (χ2v) is 10.8. The van der Waals surface area contributed by atoms with Crippen LogP contribution >= 0.6 is 28.5 Å². The molecule has 5 heteroatoms. The number of rotatable bonds is 7. The van der Waals surface area contributed by atoms with Crippen molar-refractivity contribution < 1.29 is 14.4 Å². The van der Waals surface area contributed by atoms with Crippen molar-refractivity contribution in [3.63, 3.8) is 0 Å². The van der Waals surface area contributed by atoms with Gasteiger partial charge in [-0.05, 0) is 96.1 Å². The summed E-state index contributed by atoms with van der Waals surface area (Å²) in [6, 6.07) is 0. The minimum Gasteiger partial charge on any atom is -0.393 e. The zero-order valence-electron chi connectivity index (χ0n) is 15.7. The van der Waals surface area contributed by atoms with Gasteiger partial charge >= 0.3 is 0 Å². The number of aliphatic hydroxyl groups is 1. The summed E-state index contributed by atoms with van der Waals surface area (Å²) >= 11 is 2.33. The minimum atomic E-state index is -0.112. The molecular formula is C20H34IO3P. The van der Waals surface area contributed by atoms with Gasteiger partial charge in [-0.3, -0.25) is 0 Å². The van der Waals surface area contributed by atoms with Crippen LogP contribution in [0.2, 0.25) is 0 Å². The van der Waals surface area contributed by atoms with Crippen LogP contribution in [-0.2, 0) is 9.32 Å². The van der Waals surface area contributed by atoms with Crippen LogP contribution in [0.3, 0.4) is 0 Å². The van der Waals surface area contributed by atoms with E-state index in [-0.39, 0.29) is 16.9 Å². The van der Waals surface area contributed by atoms with E-state index in [1.807, 2.05) is 0 Å². The number of carbonyl (C=O) groups is 1. The molecule has 3 aliphatic rings. The van der Waals surface area contributed by atoms with Gasteiger partial charge in [0, 0.05) is 11.8 Å². The van der Waals surface area contributed by atoms with Crippen LogP contribution in [0.1, 0.15) is 71.6 Å². The molecule has 3 saturated carbocycles. The molecule has 8 atom stereocenters. The first-order valence-corrected chi connectivity index (χ1v) is 14.1. The lowest BCUT2D eigenvalue weighted by Gasteiger charge is -2.59. The highest BCUT2D eigenvalue weighted by Gasteiger charge is 2.60. The van der Waals surface area contributed by atoms with Crippen LogP contribution < -0.4 is 0 Å². The fourth-order valence-electron chi connectivity index (χ4n) is 7.14. The smallest absolute Gasteiger partial charge is 0.120 e. The first-order chi connectivity index (χ1) is 12.0. The summed E-state index contributed by atoms with van der Waals surface area (Å²) in [6.45, 7) is 5.94. The van der Waals surface area contributed by atoms with Gasteiger partial charge in [-0.2, -0.15) is 0 Å². The molecule has 0 aliphatic heterocycles. The summed E-state index contributed by atoms with van der Waals surface area (Å²) in [6.07, 6.45) is 11.0. The van der Waals surface area contributed by atoms with Crippen LogP contribution in [0.15, 0.2) is 0 Å². The minimum absolute atomic E-state index is 0.112. The van der Waals surface area contributed by atoms with E-state index in [9.17, 15) is 9.90 Å².